The Balaban J connectivity index is 1.92. The van der Waals surface area contributed by atoms with Crippen LogP contribution >= 0.6 is 0 Å². The van der Waals surface area contributed by atoms with Crippen LogP contribution in [0.25, 0.3) is 0 Å². The molecule has 0 fully saturated rings. The van der Waals surface area contributed by atoms with Gasteiger partial charge in [0.1, 0.15) is 5.82 Å². The van der Waals surface area contributed by atoms with Crippen LogP contribution in [0.4, 0.5) is 5.82 Å². The van der Waals surface area contributed by atoms with Crippen LogP contribution in [0, 0.1) is 5.92 Å². The van der Waals surface area contributed by atoms with Crippen LogP contribution < -0.4 is 5.32 Å². The van der Waals surface area contributed by atoms with Crippen molar-refractivity contribution in [3.05, 3.63) is 23.9 Å². The number of carbonyl (C=O) groups excluding carboxylic acids is 1. The molecule has 0 aromatic carbocycles. The van der Waals surface area contributed by atoms with E-state index >= 15 is 0 Å². The van der Waals surface area contributed by atoms with Crippen molar-refractivity contribution in [3.63, 3.8) is 0 Å². The maximum Gasteiger partial charge on any atom is 0.166 e. The average Bonchev–Trinajstić information content (AvgIpc) is 2.68. The number of ether oxygens (including phenoxy) is 4. The third kappa shape index (κ3) is 11.7. The fourth-order valence-electron chi connectivity index (χ4n) is 2.13. The summed E-state index contributed by atoms with van der Waals surface area (Å²) in [7, 11) is 0. The van der Waals surface area contributed by atoms with Gasteiger partial charge in [-0.15, -0.1) is 0 Å². The van der Waals surface area contributed by atoms with Crippen molar-refractivity contribution in [1.29, 1.82) is 0 Å². The van der Waals surface area contributed by atoms with E-state index in [-0.39, 0.29) is 11.7 Å². The Morgan fingerprint density at radius 3 is 1.96 bits per heavy atom. The summed E-state index contributed by atoms with van der Waals surface area (Å²) >= 11 is 0. The van der Waals surface area contributed by atoms with Crippen LogP contribution in [-0.4, -0.2) is 70.2 Å². The number of nitrogens with one attached hydrogen (secondary N) is 1. The third-order valence-corrected chi connectivity index (χ3v) is 3.59. The molecule has 7 nitrogen and oxygen atoms in total. The van der Waals surface area contributed by atoms with Gasteiger partial charge >= 0.3 is 0 Å². The van der Waals surface area contributed by atoms with Gasteiger partial charge in [-0.25, -0.2) is 4.98 Å². The number of nitrogens with zero attached hydrogens (tertiary/aromatic N) is 1. The molecule has 0 aliphatic rings. The Bertz CT molecular complexity index is 494. The topological polar surface area (TPSA) is 78.9 Å². The lowest BCUT2D eigenvalue weighted by atomic mass is 10.0. The first-order valence-corrected chi connectivity index (χ1v) is 9.70. The van der Waals surface area contributed by atoms with Gasteiger partial charge in [0.15, 0.2) is 5.78 Å². The molecule has 0 amide bonds. The number of carbonyl (C=O) groups is 1. The van der Waals surface area contributed by atoms with Crippen molar-refractivity contribution < 1.29 is 23.7 Å². The summed E-state index contributed by atoms with van der Waals surface area (Å²) in [6, 6.07) is 3.61. The van der Waals surface area contributed by atoms with Crippen molar-refractivity contribution in [2.45, 2.75) is 27.2 Å². The van der Waals surface area contributed by atoms with E-state index in [2.05, 4.69) is 17.2 Å². The van der Waals surface area contributed by atoms with Crippen molar-refractivity contribution in [2.75, 3.05) is 64.7 Å². The van der Waals surface area contributed by atoms with Gasteiger partial charge in [0.25, 0.3) is 0 Å². The van der Waals surface area contributed by atoms with Gasteiger partial charge in [-0.1, -0.05) is 20.8 Å². The molecule has 0 atom stereocenters. The van der Waals surface area contributed by atoms with Crippen LogP contribution in [0.1, 0.15) is 37.6 Å². The molecule has 7 heteroatoms. The number of pyridine rings is 1. The van der Waals surface area contributed by atoms with Gasteiger partial charge < -0.3 is 24.3 Å². The van der Waals surface area contributed by atoms with Crippen molar-refractivity contribution in [1.82, 2.24) is 4.98 Å². The molecule has 0 aliphatic heterocycles. The molecule has 27 heavy (non-hydrogen) atoms. The first-order valence-electron chi connectivity index (χ1n) is 9.70. The van der Waals surface area contributed by atoms with Crippen LogP contribution in [-0.2, 0) is 18.9 Å². The second kappa shape index (κ2) is 15.5. The highest BCUT2D eigenvalue weighted by molar-refractivity contribution is 5.97. The Morgan fingerprint density at radius 2 is 1.48 bits per heavy atom. The van der Waals surface area contributed by atoms with Crippen LogP contribution in [0.3, 0.4) is 0 Å². The van der Waals surface area contributed by atoms with E-state index in [0.29, 0.717) is 58.4 Å². The fraction of sp³-hybridized carbons (Fsp3) is 0.700. The fourth-order valence-corrected chi connectivity index (χ4v) is 2.13. The van der Waals surface area contributed by atoms with E-state index in [1.54, 1.807) is 12.3 Å². The third-order valence-electron chi connectivity index (χ3n) is 3.59. The van der Waals surface area contributed by atoms with Gasteiger partial charge in [-0.3, -0.25) is 4.79 Å². The molecule has 0 unspecified atom stereocenters. The predicted molar refractivity (Wildman–Crippen MR) is 105 cm³/mol. The molecule has 1 rings (SSSR count). The summed E-state index contributed by atoms with van der Waals surface area (Å²) in [4.78, 5) is 16.1. The van der Waals surface area contributed by atoms with E-state index in [9.17, 15) is 4.79 Å². The maximum absolute atomic E-state index is 11.8. The number of ketones is 1. The highest BCUT2D eigenvalue weighted by atomic mass is 16.6. The van der Waals surface area contributed by atoms with Crippen LogP contribution in [0.15, 0.2) is 18.3 Å². The first kappa shape index (κ1) is 23.5. The quantitative estimate of drug-likeness (QED) is 0.328. The predicted octanol–water partition coefficient (Wildman–Crippen LogP) is 2.81. The lowest BCUT2D eigenvalue weighted by Crippen LogP contribution is -2.15. The zero-order valence-corrected chi connectivity index (χ0v) is 16.9. The maximum atomic E-state index is 11.8. The molecule has 0 spiro atoms. The first-order chi connectivity index (χ1) is 13.1. The Morgan fingerprint density at radius 1 is 0.926 bits per heavy atom. The second-order valence-corrected chi connectivity index (χ2v) is 6.33. The number of rotatable bonds is 17. The summed E-state index contributed by atoms with van der Waals surface area (Å²) in [5, 5.41) is 3.16. The average molecular weight is 383 g/mol. The van der Waals surface area contributed by atoms with E-state index in [1.165, 1.54) is 0 Å². The molecule has 154 valence electrons. The normalized spacial score (nSPS) is 11.1. The molecule has 0 saturated heterocycles. The van der Waals surface area contributed by atoms with E-state index in [0.717, 1.165) is 18.8 Å². The Hall–Kier alpha value is -1.54. The molecule has 1 N–H and O–H groups in total. The highest BCUT2D eigenvalue weighted by Crippen LogP contribution is 2.09. The minimum absolute atomic E-state index is 0.0207. The summed E-state index contributed by atoms with van der Waals surface area (Å²) in [6.45, 7) is 11.3. The number of anilines is 1. The highest BCUT2D eigenvalue weighted by Gasteiger charge is 2.10. The molecule has 1 aromatic heterocycles. The second-order valence-electron chi connectivity index (χ2n) is 6.33. The molecule has 1 heterocycles. The smallest absolute Gasteiger partial charge is 0.166 e. The molecule has 0 radical (unpaired) electrons. The van der Waals surface area contributed by atoms with E-state index < -0.39 is 0 Å². The van der Waals surface area contributed by atoms with Crippen LogP contribution in [0.2, 0.25) is 0 Å². The van der Waals surface area contributed by atoms with Gasteiger partial charge in [0, 0.05) is 30.8 Å². The largest absolute Gasteiger partial charge is 0.379 e. The summed E-state index contributed by atoms with van der Waals surface area (Å²) in [6.07, 6.45) is 2.64. The number of hydrogen-bond donors (Lipinski definition) is 1. The van der Waals surface area contributed by atoms with E-state index in [4.69, 9.17) is 18.9 Å². The molecule has 0 aliphatic carbocycles. The lowest BCUT2D eigenvalue weighted by molar-refractivity contribution is -0.000689. The minimum Gasteiger partial charge on any atom is -0.379 e. The lowest BCUT2D eigenvalue weighted by Gasteiger charge is -2.09. The number of Topliss-reactive ketones (excluding diaryl/α,β-unsaturated/α-hetero) is 1. The summed E-state index contributed by atoms with van der Waals surface area (Å²) in [5.41, 5.74) is 0.640. The SMILES string of the molecule is CCCOCCOCCOCCOCCNc1ccc(C(=O)C(C)C)cn1. The van der Waals surface area contributed by atoms with Crippen LogP contribution in [0.5, 0.6) is 0 Å². The monoisotopic (exact) mass is 382 g/mol. The summed E-state index contributed by atoms with van der Waals surface area (Å²) in [5.74, 6) is 0.815. The molecule has 1 aromatic rings. The molecule has 0 saturated carbocycles. The van der Waals surface area contributed by atoms with Gasteiger partial charge in [0.2, 0.25) is 0 Å². The molecular weight excluding hydrogens is 348 g/mol. The minimum atomic E-state index is -0.0207. The van der Waals surface area contributed by atoms with Gasteiger partial charge in [-0.2, -0.15) is 0 Å². The van der Waals surface area contributed by atoms with Gasteiger partial charge in [0.05, 0.1) is 46.2 Å². The Labute approximate surface area is 162 Å². The summed E-state index contributed by atoms with van der Waals surface area (Å²) < 4.78 is 21.6. The van der Waals surface area contributed by atoms with Gasteiger partial charge in [-0.05, 0) is 18.6 Å². The van der Waals surface area contributed by atoms with Crippen molar-refractivity contribution in [3.8, 4) is 0 Å². The van der Waals surface area contributed by atoms with E-state index in [1.807, 2.05) is 19.9 Å². The number of hydrogen-bond acceptors (Lipinski definition) is 7. The zero-order chi connectivity index (χ0) is 19.7. The molecular formula is C20H34N2O5. The number of aromatic nitrogens is 1. The molecule has 0 bridgehead atoms. The van der Waals surface area contributed by atoms with Crippen molar-refractivity contribution in [2.24, 2.45) is 5.92 Å². The standard InChI is InChI=1S/C20H34N2O5/c1-4-8-24-10-12-26-14-15-27-13-11-25-9-7-21-19-6-5-18(16-22-19)20(23)17(2)3/h5-6,16-17H,4,7-15H2,1-3H3,(H,21,22). The zero-order valence-electron chi connectivity index (χ0n) is 16.9. The Kier molecular flexibility index (Phi) is 13.5. The van der Waals surface area contributed by atoms with Crippen molar-refractivity contribution >= 4 is 11.6 Å².